The van der Waals surface area contributed by atoms with E-state index >= 15 is 0 Å². The molecule has 25 heavy (non-hydrogen) atoms. The maximum atomic E-state index is 4.79. The molecule has 1 saturated heterocycles. The Bertz CT molecular complexity index is 867. The quantitative estimate of drug-likeness (QED) is 0.748. The molecule has 2 N–H and O–H groups in total. The lowest BCUT2D eigenvalue weighted by molar-refractivity contribution is 0.388. The van der Waals surface area contributed by atoms with E-state index < -0.39 is 0 Å². The first kappa shape index (κ1) is 16.5. The van der Waals surface area contributed by atoms with Gasteiger partial charge in [0.1, 0.15) is 11.5 Å². The van der Waals surface area contributed by atoms with Gasteiger partial charge in [0.25, 0.3) is 0 Å². The van der Waals surface area contributed by atoms with E-state index in [0.717, 1.165) is 35.1 Å². The standard InChI is InChI=1S/C18H24N6S/c1-11(2)16-10-24-15(8-21-18(24)25-16)14-7-19-9-17(23-14)22-13-5-4-6-20-12(13)3/h7-13,20H,4-6H2,1-3H3,(H,22,23)/t12-,13+/m0/s1. The Morgan fingerprint density at radius 3 is 3.00 bits per heavy atom. The lowest BCUT2D eigenvalue weighted by Crippen LogP contribution is -2.46. The molecule has 0 unspecified atom stereocenters. The van der Waals surface area contributed by atoms with Crippen molar-refractivity contribution < 1.29 is 0 Å². The molecule has 7 heteroatoms. The van der Waals surface area contributed by atoms with Crippen LogP contribution < -0.4 is 10.6 Å². The van der Waals surface area contributed by atoms with Crippen molar-refractivity contribution in [3.8, 4) is 11.4 Å². The van der Waals surface area contributed by atoms with Crippen molar-refractivity contribution in [2.24, 2.45) is 0 Å². The van der Waals surface area contributed by atoms with Gasteiger partial charge in [-0.2, -0.15) is 0 Å². The van der Waals surface area contributed by atoms with Crippen molar-refractivity contribution in [2.45, 2.75) is 51.6 Å². The minimum atomic E-state index is 0.387. The predicted octanol–water partition coefficient (Wildman–Crippen LogP) is 3.53. The number of fused-ring (bicyclic) bond motifs is 1. The van der Waals surface area contributed by atoms with Crippen molar-refractivity contribution >= 4 is 22.1 Å². The summed E-state index contributed by atoms with van der Waals surface area (Å²) >= 11 is 1.73. The molecule has 132 valence electrons. The highest BCUT2D eigenvalue weighted by Crippen LogP contribution is 2.29. The van der Waals surface area contributed by atoms with E-state index in [2.05, 4.69) is 52.0 Å². The summed E-state index contributed by atoms with van der Waals surface area (Å²) in [6.07, 6.45) is 10.0. The summed E-state index contributed by atoms with van der Waals surface area (Å²) in [5.41, 5.74) is 1.84. The topological polar surface area (TPSA) is 67.1 Å². The molecule has 3 aromatic heterocycles. The average Bonchev–Trinajstić information content (AvgIpc) is 3.18. The minimum absolute atomic E-state index is 0.387. The Morgan fingerprint density at radius 2 is 2.20 bits per heavy atom. The van der Waals surface area contributed by atoms with Crippen LogP contribution in [0.4, 0.5) is 5.82 Å². The van der Waals surface area contributed by atoms with Gasteiger partial charge in [0, 0.05) is 23.2 Å². The zero-order valence-corrected chi connectivity index (χ0v) is 15.7. The molecule has 4 rings (SSSR count). The number of hydrogen-bond donors (Lipinski definition) is 2. The molecule has 0 amide bonds. The van der Waals surface area contributed by atoms with Crippen LogP contribution >= 0.6 is 11.3 Å². The summed E-state index contributed by atoms with van der Waals surface area (Å²) in [6.45, 7) is 7.71. The summed E-state index contributed by atoms with van der Waals surface area (Å²) in [4.78, 5) is 16.1. The molecule has 0 aliphatic carbocycles. The molecule has 1 fully saturated rings. The molecule has 3 aromatic rings. The third kappa shape index (κ3) is 3.26. The molecule has 1 aliphatic heterocycles. The zero-order chi connectivity index (χ0) is 17.4. The number of anilines is 1. The maximum Gasteiger partial charge on any atom is 0.194 e. The molecular formula is C18H24N6S. The number of imidazole rings is 1. The van der Waals surface area contributed by atoms with Crippen molar-refractivity contribution in [1.29, 1.82) is 0 Å². The first-order valence-electron chi connectivity index (χ1n) is 8.91. The second kappa shape index (κ2) is 6.72. The number of thiazole rings is 1. The van der Waals surface area contributed by atoms with Crippen molar-refractivity contribution in [1.82, 2.24) is 24.7 Å². The van der Waals surface area contributed by atoms with E-state index in [1.165, 1.54) is 11.3 Å². The van der Waals surface area contributed by atoms with Crippen LogP contribution in [-0.2, 0) is 0 Å². The smallest absolute Gasteiger partial charge is 0.194 e. The van der Waals surface area contributed by atoms with Gasteiger partial charge < -0.3 is 10.6 Å². The summed E-state index contributed by atoms with van der Waals surface area (Å²) in [7, 11) is 0. The molecule has 1 aliphatic rings. The third-order valence-electron chi connectivity index (χ3n) is 4.79. The molecule has 4 heterocycles. The van der Waals surface area contributed by atoms with Gasteiger partial charge >= 0.3 is 0 Å². The van der Waals surface area contributed by atoms with Crippen LogP contribution in [0.25, 0.3) is 16.3 Å². The first-order valence-corrected chi connectivity index (χ1v) is 9.72. The highest BCUT2D eigenvalue weighted by Gasteiger charge is 2.21. The second-order valence-corrected chi connectivity index (χ2v) is 8.05. The molecule has 0 bridgehead atoms. The van der Waals surface area contributed by atoms with E-state index in [1.807, 2.05) is 12.4 Å². The largest absolute Gasteiger partial charge is 0.364 e. The van der Waals surface area contributed by atoms with Gasteiger partial charge in [0.2, 0.25) is 0 Å². The minimum Gasteiger partial charge on any atom is -0.364 e. The van der Waals surface area contributed by atoms with Crippen LogP contribution in [0.5, 0.6) is 0 Å². The lowest BCUT2D eigenvalue weighted by Gasteiger charge is -2.30. The fourth-order valence-electron chi connectivity index (χ4n) is 3.25. The Kier molecular flexibility index (Phi) is 4.43. The van der Waals surface area contributed by atoms with E-state index in [4.69, 9.17) is 4.98 Å². The predicted molar refractivity (Wildman–Crippen MR) is 102 cm³/mol. The number of piperidine rings is 1. The van der Waals surface area contributed by atoms with Crippen LogP contribution in [0.15, 0.2) is 24.8 Å². The Labute approximate surface area is 151 Å². The Hall–Kier alpha value is -1.99. The van der Waals surface area contributed by atoms with Crippen molar-refractivity contribution in [2.75, 3.05) is 11.9 Å². The fourth-order valence-corrected chi connectivity index (χ4v) is 4.21. The third-order valence-corrected chi connectivity index (χ3v) is 6.09. The van der Waals surface area contributed by atoms with Gasteiger partial charge in [-0.3, -0.25) is 9.38 Å². The van der Waals surface area contributed by atoms with Crippen LogP contribution in [0, 0.1) is 0 Å². The van der Waals surface area contributed by atoms with Gasteiger partial charge in [-0.1, -0.05) is 13.8 Å². The highest BCUT2D eigenvalue weighted by molar-refractivity contribution is 7.17. The van der Waals surface area contributed by atoms with E-state index in [1.54, 1.807) is 17.5 Å². The van der Waals surface area contributed by atoms with Crippen molar-refractivity contribution in [3.05, 3.63) is 29.7 Å². The number of rotatable bonds is 4. The van der Waals surface area contributed by atoms with Crippen LogP contribution in [0.2, 0.25) is 0 Å². The normalized spacial score (nSPS) is 21.1. The van der Waals surface area contributed by atoms with Crippen LogP contribution in [0.3, 0.4) is 0 Å². The molecule has 0 radical (unpaired) electrons. The average molecular weight is 356 g/mol. The van der Waals surface area contributed by atoms with Gasteiger partial charge in [-0.05, 0) is 32.2 Å². The number of aromatic nitrogens is 4. The summed E-state index contributed by atoms with van der Waals surface area (Å²) in [6, 6.07) is 0.823. The van der Waals surface area contributed by atoms with Gasteiger partial charge in [0.05, 0.1) is 24.3 Å². The Balaban J connectivity index is 1.63. The number of hydrogen-bond acceptors (Lipinski definition) is 6. The van der Waals surface area contributed by atoms with Crippen molar-refractivity contribution in [3.63, 3.8) is 0 Å². The molecular weight excluding hydrogens is 332 g/mol. The van der Waals surface area contributed by atoms with Gasteiger partial charge in [0.15, 0.2) is 4.96 Å². The monoisotopic (exact) mass is 356 g/mol. The molecule has 0 aromatic carbocycles. The summed E-state index contributed by atoms with van der Waals surface area (Å²) in [5, 5.41) is 7.05. The number of nitrogens with zero attached hydrogens (tertiary/aromatic N) is 4. The molecule has 6 nitrogen and oxygen atoms in total. The maximum absolute atomic E-state index is 4.79. The lowest BCUT2D eigenvalue weighted by atomic mass is 10.00. The van der Waals surface area contributed by atoms with Gasteiger partial charge in [-0.25, -0.2) is 9.97 Å². The molecule has 2 atom stereocenters. The number of nitrogens with one attached hydrogen (secondary N) is 2. The summed E-state index contributed by atoms with van der Waals surface area (Å²) in [5.74, 6) is 1.33. The SMILES string of the molecule is CC(C)c1cn2c(-c3cncc(N[C@@H]4CCCN[C@H]4C)n3)cnc2s1. The first-order chi connectivity index (χ1) is 12.1. The second-order valence-electron chi connectivity index (χ2n) is 7.01. The van der Waals surface area contributed by atoms with E-state index in [-0.39, 0.29) is 0 Å². The highest BCUT2D eigenvalue weighted by atomic mass is 32.1. The van der Waals surface area contributed by atoms with E-state index in [0.29, 0.717) is 18.0 Å². The zero-order valence-electron chi connectivity index (χ0n) is 14.9. The van der Waals surface area contributed by atoms with E-state index in [9.17, 15) is 0 Å². The Morgan fingerprint density at radius 1 is 1.32 bits per heavy atom. The molecule has 0 saturated carbocycles. The molecule has 0 spiro atoms. The van der Waals surface area contributed by atoms with Crippen LogP contribution in [0.1, 0.15) is 44.4 Å². The van der Waals surface area contributed by atoms with Gasteiger partial charge in [-0.15, -0.1) is 11.3 Å². The fraction of sp³-hybridized carbons (Fsp3) is 0.500. The summed E-state index contributed by atoms with van der Waals surface area (Å²) < 4.78 is 2.12. The van der Waals surface area contributed by atoms with Crippen LogP contribution in [-0.4, -0.2) is 38.0 Å².